The second kappa shape index (κ2) is 11.8. The lowest BCUT2D eigenvalue weighted by molar-refractivity contribution is -0.194. The molecule has 274 valence electrons. The van der Waals surface area contributed by atoms with Gasteiger partial charge < -0.3 is 15.2 Å². The van der Waals surface area contributed by atoms with Crippen LogP contribution in [0.1, 0.15) is 119 Å². The van der Waals surface area contributed by atoms with Crippen molar-refractivity contribution in [3.05, 3.63) is 47.5 Å². The molecule has 0 saturated heterocycles. The number of carbonyl (C=O) groups is 4. The first-order valence-corrected chi connectivity index (χ1v) is 19.1. The number of ketones is 1. The van der Waals surface area contributed by atoms with Crippen LogP contribution in [0, 0.1) is 61.6 Å². The first-order chi connectivity index (χ1) is 23.1. The standard InChI is InChI=1S/C43H61NO6/c1-37(2)30-16-19-43(9)33(41(30,7)18-17-31(37)44-34(46)38(3,4)36(49)50-10)29(45)25-28-32-27(24-26-14-12-11-13-15-26)40(6,35(47)48)22-20-39(32,5)21-23-42(28,43)8/h11-15,25,27,30-33H,16-24H2,1-10H3,(H,44,46)(H,47,48)/t27?,30-,31-,32-,33+,39+,40-,41-,42+,43+/m0/s1. The summed E-state index contributed by atoms with van der Waals surface area (Å²) in [6.07, 6.45) is 9.62. The molecular formula is C43H61NO6. The maximum absolute atomic E-state index is 15.0. The Bertz CT molecular complexity index is 1610. The molecule has 0 heterocycles. The van der Waals surface area contributed by atoms with Gasteiger partial charge >= 0.3 is 11.9 Å². The summed E-state index contributed by atoms with van der Waals surface area (Å²) in [5.74, 6) is -1.49. The lowest BCUT2D eigenvalue weighted by Gasteiger charge is -2.71. The number of esters is 1. The number of rotatable bonds is 6. The molecule has 0 aromatic heterocycles. The molecule has 0 spiro atoms. The molecule has 1 amide bonds. The highest BCUT2D eigenvalue weighted by Gasteiger charge is 2.71. The second-order valence-electron chi connectivity index (χ2n) is 19.4. The normalized spacial score (nSPS) is 42.1. The second-order valence-corrected chi connectivity index (χ2v) is 19.4. The highest BCUT2D eigenvalue weighted by atomic mass is 16.5. The van der Waals surface area contributed by atoms with Gasteiger partial charge in [0.25, 0.3) is 0 Å². The fourth-order valence-electron chi connectivity index (χ4n) is 12.8. The van der Waals surface area contributed by atoms with Gasteiger partial charge in [-0.1, -0.05) is 77.4 Å². The van der Waals surface area contributed by atoms with E-state index in [1.165, 1.54) is 12.7 Å². The molecule has 4 saturated carbocycles. The fraction of sp³-hybridized carbons (Fsp3) is 0.721. The van der Waals surface area contributed by atoms with Gasteiger partial charge in [0.05, 0.1) is 12.5 Å². The van der Waals surface area contributed by atoms with E-state index in [9.17, 15) is 19.5 Å². The molecule has 1 unspecified atom stereocenters. The Morgan fingerprint density at radius 2 is 1.54 bits per heavy atom. The maximum atomic E-state index is 15.0. The van der Waals surface area contributed by atoms with Crippen LogP contribution in [0.3, 0.4) is 0 Å². The van der Waals surface area contributed by atoms with Gasteiger partial charge in [-0.05, 0) is 135 Å². The summed E-state index contributed by atoms with van der Waals surface area (Å²) in [7, 11) is 1.31. The monoisotopic (exact) mass is 687 g/mol. The van der Waals surface area contributed by atoms with E-state index in [1.54, 1.807) is 13.8 Å². The summed E-state index contributed by atoms with van der Waals surface area (Å²) in [6, 6.07) is 10.2. The van der Waals surface area contributed by atoms with E-state index < -0.39 is 22.8 Å². The Morgan fingerprint density at radius 3 is 2.16 bits per heavy atom. The zero-order valence-corrected chi connectivity index (χ0v) is 32.2. The van der Waals surface area contributed by atoms with Crippen LogP contribution < -0.4 is 5.32 Å². The van der Waals surface area contributed by atoms with Gasteiger partial charge in [0.2, 0.25) is 5.91 Å². The molecule has 50 heavy (non-hydrogen) atoms. The number of methoxy groups -OCH3 is 1. The molecule has 5 aliphatic carbocycles. The van der Waals surface area contributed by atoms with Crippen molar-refractivity contribution in [3.63, 3.8) is 0 Å². The summed E-state index contributed by atoms with van der Waals surface area (Å²) in [5, 5.41) is 14.1. The van der Waals surface area contributed by atoms with Gasteiger partial charge in [0, 0.05) is 12.0 Å². The third kappa shape index (κ3) is 5.01. The first-order valence-electron chi connectivity index (χ1n) is 19.1. The molecule has 5 aliphatic rings. The zero-order chi connectivity index (χ0) is 36.9. The molecule has 1 aromatic rings. The van der Waals surface area contributed by atoms with Crippen molar-refractivity contribution in [2.24, 2.45) is 61.6 Å². The Labute approximate surface area is 299 Å². The van der Waals surface area contributed by atoms with Crippen molar-refractivity contribution < 1.29 is 29.0 Å². The molecule has 2 N–H and O–H groups in total. The number of nitrogens with one attached hydrogen (secondary N) is 1. The van der Waals surface area contributed by atoms with Gasteiger partial charge in [-0.25, -0.2) is 0 Å². The van der Waals surface area contributed by atoms with Crippen LogP contribution in [-0.4, -0.2) is 41.9 Å². The molecular weight excluding hydrogens is 626 g/mol. The number of hydrogen-bond donors (Lipinski definition) is 2. The number of carbonyl (C=O) groups excluding carboxylic acids is 3. The number of aliphatic carboxylic acids is 1. The van der Waals surface area contributed by atoms with Crippen LogP contribution in [0.25, 0.3) is 0 Å². The predicted octanol–water partition coefficient (Wildman–Crippen LogP) is 8.20. The minimum Gasteiger partial charge on any atom is -0.481 e. The summed E-state index contributed by atoms with van der Waals surface area (Å²) < 4.78 is 4.94. The van der Waals surface area contributed by atoms with Crippen molar-refractivity contribution in [3.8, 4) is 0 Å². The summed E-state index contributed by atoms with van der Waals surface area (Å²) in [4.78, 5) is 54.1. The van der Waals surface area contributed by atoms with Crippen LogP contribution in [0.15, 0.2) is 42.0 Å². The summed E-state index contributed by atoms with van der Waals surface area (Å²) >= 11 is 0. The van der Waals surface area contributed by atoms with Gasteiger partial charge in [-0.3, -0.25) is 19.2 Å². The third-order valence-electron chi connectivity index (χ3n) is 16.4. The predicted molar refractivity (Wildman–Crippen MR) is 194 cm³/mol. The minimum atomic E-state index is -1.30. The van der Waals surface area contributed by atoms with Gasteiger partial charge in [0.15, 0.2) is 5.78 Å². The number of ether oxygens (including phenoxy) is 1. The molecule has 4 fully saturated rings. The summed E-state index contributed by atoms with van der Waals surface area (Å²) in [5.41, 5.74) is -0.986. The Hall–Kier alpha value is -2.96. The number of allylic oxidation sites excluding steroid dienone is 2. The van der Waals surface area contributed by atoms with Gasteiger partial charge in [0.1, 0.15) is 5.41 Å². The quantitative estimate of drug-likeness (QED) is 0.231. The average molecular weight is 688 g/mol. The Morgan fingerprint density at radius 1 is 0.900 bits per heavy atom. The van der Waals surface area contributed by atoms with E-state index in [4.69, 9.17) is 4.74 Å². The minimum absolute atomic E-state index is 0.00381. The van der Waals surface area contributed by atoms with E-state index in [-0.39, 0.29) is 68.5 Å². The van der Waals surface area contributed by atoms with Crippen LogP contribution >= 0.6 is 0 Å². The number of carboxylic acids is 1. The van der Waals surface area contributed by atoms with Crippen LogP contribution in [-0.2, 0) is 30.3 Å². The number of amides is 1. The fourth-order valence-corrected chi connectivity index (χ4v) is 12.8. The van der Waals surface area contributed by atoms with Crippen molar-refractivity contribution in [1.29, 1.82) is 0 Å². The van der Waals surface area contributed by atoms with E-state index in [2.05, 4.69) is 59.0 Å². The highest BCUT2D eigenvalue weighted by molar-refractivity contribution is 6.02. The molecule has 7 nitrogen and oxygen atoms in total. The molecule has 1 aromatic carbocycles. The molecule has 0 aliphatic heterocycles. The number of carboxylic acid groups (broad SMARTS) is 1. The van der Waals surface area contributed by atoms with Crippen molar-refractivity contribution in [1.82, 2.24) is 5.32 Å². The average Bonchev–Trinajstić information content (AvgIpc) is 3.04. The van der Waals surface area contributed by atoms with Gasteiger partial charge in [-0.15, -0.1) is 0 Å². The smallest absolute Gasteiger partial charge is 0.320 e. The largest absolute Gasteiger partial charge is 0.481 e. The Balaban J connectivity index is 1.39. The Kier molecular flexibility index (Phi) is 8.67. The van der Waals surface area contributed by atoms with E-state index >= 15 is 4.79 Å². The zero-order valence-electron chi connectivity index (χ0n) is 32.2. The lowest BCUT2D eigenvalue weighted by atomic mass is 9.32. The number of benzene rings is 1. The number of hydrogen-bond acceptors (Lipinski definition) is 5. The van der Waals surface area contributed by atoms with Crippen LogP contribution in [0.2, 0.25) is 0 Å². The van der Waals surface area contributed by atoms with Crippen molar-refractivity contribution in [2.75, 3.05) is 7.11 Å². The van der Waals surface area contributed by atoms with Crippen molar-refractivity contribution in [2.45, 2.75) is 126 Å². The number of fused-ring (bicyclic) bond motifs is 7. The third-order valence-corrected chi connectivity index (χ3v) is 16.4. The van der Waals surface area contributed by atoms with E-state index in [1.807, 2.05) is 31.2 Å². The lowest BCUT2D eigenvalue weighted by Crippen LogP contribution is -2.68. The van der Waals surface area contributed by atoms with Crippen LogP contribution in [0.5, 0.6) is 0 Å². The first kappa shape index (κ1) is 36.8. The summed E-state index contributed by atoms with van der Waals surface area (Å²) in [6.45, 7) is 19.2. The topological polar surface area (TPSA) is 110 Å². The molecule has 0 bridgehead atoms. The molecule has 6 rings (SSSR count). The van der Waals surface area contributed by atoms with E-state index in [0.29, 0.717) is 12.8 Å². The van der Waals surface area contributed by atoms with Crippen molar-refractivity contribution >= 4 is 23.6 Å². The van der Waals surface area contributed by atoms with E-state index in [0.717, 1.165) is 50.5 Å². The molecule has 10 atom stereocenters. The SMILES string of the molecule is COC(=O)C(C)(C)C(=O)N[C@H]1CC[C@]2(C)[C@H]3C(=O)C=C4[C@@H]5C(Cc6ccccc6)[C@@](C)(C(=O)O)CC[C@]5(C)CC[C@@]4(C)[C@]3(C)CC[C@H]2C1(C)C. The maximum Gasteiger partial charge on any atom is 0.320 e. The highest BCUT2D eigenvalue weighted by Crippen LogP contribution is 2.76. The van der Waals surface area contributed by atoms with Gasteiger partial charge in [-0.2, -0.15) is 0 Å². The molecule has 0 radical (unpaired) electrons. The molecule has 7 heteroatoms. The van der Waals surface area contributed by atoms with Crippen LogP contribution in [0.4, 0.5) is 0 Å².